The highest BCUT2D eigenvalue weighted by atomic mass is 16.5. The second-order valence-corrected chi connectivity index (χ2v) is 3.49. The Morgan fingerprint density at radius 2 is 2.33 bits per heavy atom. The van der Waals surface area contributed by atoms with Gasteiger partial charge in [0.2, 0.25) is 0 Å². The zero-order valence-corrected chi connectivity index (χ0v) is 8.69. The maximum atomic E-state index is 11.4. The number of nitrogens with zero attached hydrogens (tertiary/aromatic N) is 1. The molecule has 80 valence electrons. The Morgan fingerprint density at radius 3 is 3.07 bits per heavy atom. The van der Waals surface area contributed by atoms with Crippen LogP contribution in [-0.4, -0.2) is 23.1 Å². The SMILES string of the molecule is COCCCc1cn2c(=O)cccc2[nH]1. The molecule has 0 radical (unpaired) electrons. The van der Waals surface area contributed by atoms with Crippen LogP contribution in [0, 0.1) is 0 Å². The molecule has 2 aromatic heterocycles. The van der Waals surface area contributed by atoms with Crippen molar-refractivity contribution in [2.24, 2.45) is 0 Å². The van der Waals surface area contributed by atoms with Gasteiger partial charge in [-0.1, -0.05) is 6.07 Å². The van der Waals surface area contributed by atoms with Gasteiger partial charge in [-0.05, 0) is 18.9 Å². The van der Waals surface area contributed by atoms with E-state index in [9.17, 15) is 4.79 Å². The lowest BCUT2D eigenvalue weighted by molar-refractivity contribution is 0.195. The highest BCUT2D eigenvalue weighted by Gasteiger charge is 2.00. The number of aromatic nitrogens is 2. The molecular weight excluding hydrogens is 192 g/mol. The monoisotopic (exact) mass is 206 g/mol. The topological polar surface area (TPSA) is 46.5 Å². The molecule has 0 spiro atoms. The highest BCUT2D eigenvalue weighted by Crippen LogP contribution is 2.04. The van der Waals surface area contributed by atoms with Crippen LogP contribution in [0.25, 0.3) is 5.65 Å². The van der Waals surface area contributed by atoms with Gasteiger partial charge >= 0.3 is 0 Å². The summed E-state index contributed by atoms with van der Waals surface area (Å²) in [4.78, 5) is 14.6. The van der Waals surface area contributed by atoms with Crippen LogP contribution in [0.5, 0.6) is 0 Å². The maximum Gasteiger partial charge on any atom is 0.256 e. The van der Waals surface area contributed by atoms with Crippen molar-refractivity contribution < 1.29 is 4.74 Å². The predicted molar refractivity (Wildman–Crippen MR) is 58.2 cm³/mol. The molecule has 0 saturated carbocycles. The van der Waals surface area contributed by atoms with Gasteiger partial charge in [0.1, 0.15) is 5.65 Å². The molecule has 4 nitrogen and oxygen atoms in total. The van der Waals surface area contributed by atoms with Crippen molar-refractivity contribution in [2.75, 3.05) is 13.7 Å². The van der Waals surface area contributed by atoms with Gasteiger partial charge in [0.05, 0.1) is 0 Å². The number of hydrogen-bond acceptors (Lipinski definition) is 2. The molecule has 15 heavy (non-hydrogen) atoms. The summed E-state index contributed by atoms with van der Waals surface area (Å²) in [5, 5.41) is 0. The van der Waals surface area contributed by atoms with E-state index in [1.165, 1.54) is 0 Å². The molecule has 0 fully saturated rings. The Bertz CT molecular complexity index is 499. The van der Waals surface area contributed by atoms with Gasteiger partial charge in [-0.2, -0.15) is 0 Å². The first kappa shape index (κ1) is 9.98. The van der Waals surface area contributed by atoms with Crippen molar-refractivity contribution in [3.8, 4) is 0 Å². The lowest BCUT2D eigenvalue weighted by Gasteiger charge is -1.95. The molecule has 0 aliphatic heterocycles. The molecule has 0 aromatic carbocycles. The van der Waals surface area contributed by atoms with Crippen LogP contribution in [-0.2, 0) is 11.2 Å². The van der Waals surface area contributed by atoms with E-state index in [2.05, 4.69) is 4.98 Å². The number of hydrogen-bond donors (Lipinski definition) is 1. The van der Waals surface area contributed by atoms with Gasteiger partial charge in [-0.25, -0.2) is 0 Å². The molecule has 0 bridgehead atoms. The summed E-state index contributed by atoms with van der Waals surface area (Å²) in [7, 11) is 1.69. The number of ether oxygens (including phenoxy) is 1. The summed E-state index contributed by atoms with van der Waals surface area (Å²) in [5.41, 5.74) is 1.91. The van der Waals surface area contributed by atoms with Crippen LogP contribution in [0.2, 0.25) is 0 Å². The number of aromatic amines is 1. The quantitative estimate of drug-likeness (QED) is 0.764. The number of nitrogens with one attached hydrogen (secondary N) is 1. The van der Waals surface area contributed by atoms with Gasteiger partial charge in [0.15, 0.2) is 0 Å². The molecule has 2 rings (SSSR count). The van der Waals surface area contributed by atoms with Crippen molar-refractivity contribution in [2.45, 2.75) is 12.8 Å². The van der Waals surface area contributed by atoms with Crippen LogP contribution in [0.15, 0.2) is 29.2 Å². The van der Waals surface area contributed by atoms with Crippen LogP contribution in [0.4, 0.5) is 0 Å². The third kappa shape index (κ3) is 2.10. The zero-order chi connectivity index (χ0) is 10.7. The van der Waals surface area contributed by atoms with Crippen LogP contribution in [0.1, 0.15) is 12.1 Å². The molecule has 0 unspecified atom stereocenters. The number of methoxy groups -OCH3 is 1. The minimum Gasteiger partial charge on any atom is -0.385 e. The number of aryl methyl sites for hydroxylation is 1. The molecule has 2 aromatic rings. The Kier molecular flexibility index (Phi) is 2.87. The summed E-state index contributed by atoms with van der Waals surface area (Å²) >= 11 is 0. The minimum atomic E-state index is 0.00161. The first-order valence-electron chi connectivity index (χ1n) is 4.99. The molecular formula is C11H14N2O2. The summed E-state index contributed by atoms with van der Waals surface area (Å²) < 4.78 is 6.61. The standard InChI is InChI=1S/C11H14N2O2/c1-15-7-3-4-9-8-13-10(12-9)5-2-6-11(13)14/h2,5-6,8,12H,3-4,7H2,1H3. The first-order valence-corrected chi connectivity index (χ1v) is 4.99. The molecule has 0 saturated heterocycles. The van der Waals surface area contributed by atoms with E-state index in [0.29, 0.717) is 0 Å². The average Bonchev–Trinajstić information content (AvgIpc) is 2.63. The average molecular weight is 206 g/mol. The summed E-state index contributed by atoms with van der Waals surface area (Å²) in [6.07, 6.45) is 3.71. The van der Waals surface area contributed by atoms with Gasteiger partial charge < -0.3 is 9.72 Å². The van der Waals surface area contributed by atoms with E-state index in [4.69, 9.17) is 4.74 Å². The fraction of sp³-hybridized carbons (Fsp3) is 0.364. The molecule has 1 N–H and O–H groups in total. The number of fused-ring (bicyclic) bond motifs is 1. The van der Waals surface area contributed by atoms with Crippen molar-refractivity contribution >= 4 is 5.65 Å². The number of pyridine rings is 1. The molecule has 2 heterocycles. The van der Waals surface area contributed by atoms with E-state index >= 15 is 0 Å². The largest absolute Gasteiger partial charge is 0.385 e. The second-order valence-electron chi connectivity index (χ2n) is 3.49. The molecule has 0 amide bonds. The van der Waals surface area contributed by atoms with Crippen molar-refractivity contribution in [3.05, 3.63) is 40.4 Å². The van der Waals surface area contributed by atoms with Gasteiger partial charge in [-0.15, -0.1) is 0 Å². The first-order chi connectivity index (χ1) is 7.31. The summed E-state index contributed by atoms with van der Waals surface area (Å²) in [5.74, 6) is 0. The van der Waals surface area contributed by atoms with E-state index < -0.39 is 0 Å². The fourth-order valence-corrected chi connectivity index (χ4v) is 1.62. The number of rotatable bonds is 4. The summed E-state index contributed by atoms with van der Waals surface area (Å²) in [6.45, 7) is 0.740. The third-order valence-corrected chi connectivity index (χ3v) is 2.36. The van der Waals surface area contributed by atoms with Crippen molar-refractivity contribution in [3.63, 3.8) is 0 Å². The van der Waals surface area contributed by atoms with Crippen LogP contribution < -0.4 is 5.56 Å². The number of H-pyrrole nitrogens is 1. The Hall–Kier alpha value is -1.55. The van der Waals surface area contributed by atoms with Crippen molar-refractivity contribution in [1.29, 1.82) is 0 Å². The lowest BCUT2D eigenvalue weighted by Crippen LogP contribution is -2.08. The number of imidazole rings is 1. The zero-order valence-electron chi connectivity index (χ0n) is 8.69. The van der Waals surface area contributed by atoms with Crippen LogP contribution >= 0.6 is 0 Å². The normalized spacial score (nSPS) is 11.0. The third-order valence-electron chi connectivity index (χ3n) is 2.36. The van der Waals surface area contributed by atoms with E-state index in [1.54, 1.807) is 23.6 Å². The molecule has 0 aliphatic rings. The molecule has 4 heteroatoms. The Labute approximate surface area is 87.5 Å². The highest BCUT2D eigenvalue weighted by molar-refractivity contribution is 5.39. The Balaban J connectivity index is 2.24. The predicted octanol–water partition coefficient (Wildman–Crippen LogP) is 1.21. The minimum absolute atomic E-state index is 0.00161. The smallest absolute Gasteiger partial charge is 0.256 e. The van der Waals surface area contributed by atoms with Crippen molar-refractivity contribution in [1.82, 2.24) is 9.38 Å². The Morgan fingerprint density at radius 1 is 1.47 bits per heavy atom. The van der Waals surface area contributed by atoms with Gasteiger partial charge in [0.25, 0.3) is 5.56 Å². The maximum absolute atomic E-state index is 11.4. The lowest BCUT2D eigenvalue weighted by atomic mass is 10.3. The molecule has 0 aliphatic carbocycles. The van der Waals surface area contributed by atoms with E-state index in [0.717, 1.165) is 30.8 Å². The summed E-state index contributed by atoms with van der Waals surface area (Å²) in [6, 6.07) is 5.20. The van der Waals surface area contributed by atoms with Crippen LogP contribution in [0.3, 0.4) is 0 Å². The van der Waals surface area contributed by atoms with E-state index in [-0.39, 0.29) is 5.56 Å². The molecule has 0 atom stereocenters. The second kappa shape index (κ2) is 4.31. The van der Waals surface area contributed by atoms with Gasteiger partial charge in [-0.3, -0.25) is 9.20 Å². The fourth-order valence-electron chi connectivity index (χ4n) is 1.62. The van der Waals surface area contributed by atoms with E-state index in [1.807, 2.05) is 12.3 Å². The van der Waals surface area contributed by atoms with Gasteiger partial charge in [0, 0.05) is 31.7 Å².